The van der Waals surface area contributed by atoms with Crippen LogP contribution in [0.1, 0.15) is 40.6 Å². The topological polar surface area (TPSA) is 78.8 Å². The van der Waals surface area contributed by atoms with Crippen LogP contribution in [0.15, 0.2) is 24.3 Å². The minimum absolute atomic E-state index is 0.125. The summed E-state index contributed by atoms with van der Waals surface area (Å²) in [6, 6.07) is 6.03. The Morgan fingerprint density at radius 2 is 1.93 bits per heavy atom. The second kappa shape index (κ2) is 6.50. The van der Waals surface area contributed by atoms with Gasteiger partial charge in [0.2, 0.25) is 0 Å². The van der Waals surface area contributed by atoms with Gasteiger partial charge in [0.05, 0.1) is 5.56 Å². The van der Waals surface area contributed by atoms with E-state index >= 15 is 0 Å². The highest BCUT2D eigenvalue weighted by Gasteiger charge is 2.43. The maximum atomic E-state index is 13.0. The van der Waals surface area contributed by atoms with E-state index in [9.17, 15) is 18.4 Å². The van der Waals surface area contributed by atoms with Gasteiger partial charge < -0.3 is 24.1 Å². The molecule has 4 rings (SSSR count). The van der Waals surface area contributed by atoms with E-state index in [2.05, 4.69) is 19.4 Å². The molecule has 2 heterocycles. The molecule has 1 aromatic heterocycles. The molecule has 0 atom stereocenters. The molecule has 28 heavy (non-hydrogen) atoms. The van der Waals surface area contributed by atoms with Crippen LogP contribution >= 0.6 is 0 Å². The van der Waals surface area contributed by atoms with E-state index in [0.717, 1.165) is 24.2 Å². The number of alkyl halides is 2. The summed E-state index contributed by atoms with van der Waals surface area (Å²) in [4.78, 5) is 24.4. The smallest absolute Gasteiger partial charge is 0.452 e. The second-order valence-electron chi connectivity index (χ2n) is 6.84. The number of rotatable bonds is 5. The highest BCUT2D eigenvalue weighted by molar-refractivity contribution is 5.96. The van der Waals surface area contributed by atoms with Crippen molar-refractivity contribution in [3.63, 3.8) is 0 Å². The zero-order valence-corrected chi connectivity index (χ0v) is 15.3. The fourth-order valence-electron chi connectivity index (χ4n) is 3.31. The molecule has 1 aliphatic carbocycles. The number of nitrogens with zero attached hydrogens (tertiary/aromatic N) is 1. The van der Waals surface area contributed by atoms with Gasteiger partial charge in [0.15, 0.2) is 18.1 Å². The van der Waals surface area contributed by atoms with E-state index in [4.69, 9.17) is 4.74 Å². The van der Waals surface area contributed by atoms with Crippen molar-refractivity contribution in [2.24, 2.45) is 0 Å². The van der Waals surface area contributed by atoms with Crippen LogP contribution in [-0.2, 0) is 9.53 Å². The molecule has 0 unspecified atom stereocenters. The Balaban J connectivity index is 1.35. The van der Waals surface area contributed by atoms with Gasteiger partial charge in [-0.1, -0.05) is 0 Å². The summed E-state index contributed by atoms with van der Waals surface area (Å²) in [5, 5.41) is 2.46. The van der Waals surface area contributed by atoms with Crippen molar-refractivity contribution in [1.29, 1.82) is 0 Å². The molecule has 1 amide bonds. The van der Waals surface area contributed by atoms with Crippen molar-refractivity contribution in [2.45, 2.75) is 39.0 Å². The van der Waals surface area contributed by atoms with Gasteiger partial charge in [-0.25, -0.2) is 4.79 Å². The summed E-state index contributed by atoms with van der Waals surface area (Å²) in [5.74, 6) is -1.50. The number of halogens is 2. The van der Waals surface area contributed by atoms with Gasteiger partial charge in [-0.2, -0.15) is 0 Å². The molecule has 1 fully saturated rings. The standard InChI is InChI=1S/C19H18F2N2O5/c1-10-7-14(11(2)23(10)13-4-5-13)18(25)26-9-17(24)22-12-3-6-15-16(8-12)28-19(20,21)27-15/h3,6-8,13H,4-5,9H2,1-2H3,(H,22,24). The van der Waals surface area contributed by atoms with E-state index in [0.29, 0.717) is 11.6 Å². The molecule has 1 N–H and O–H groups in total. The van der Waals surface area contributed by atoms with E-state index in [-0.39, 0.29) is 17.2 Å². The molecule has 148 valence electrons. The minimum Gasteiger partial charge on any atom is -0.452 e. The van der Waals surface area contributed by atoms with Crippen LogP contribution in [0.4, 0.5) is 14.5 Å². The maximum absolute atomic E-state index is 13.0. The number of nitrogens with one attached hydrogen (secondary N) is 1. The molecule has 0 spiro atoms. The molecule has 1 aromatic carbocycles. The first-order chi connectivity index (χ1) is 13.2. The van der Waals surface area contributed by atoms with Crippen molar-refractivity contribution >= 4 is 17.6 Å². The number of hydrogen-bond acceptors (Lipinski definition) is 5. The minimum atomic E-state index is -3.73. The van der Waals surface area contributed by atoms with Crippen molar-refractivity contribution in [1.82, 2.24) is 4.57 Å². The molecular weight excluding hydrogens is 374 g/mol. The van der Waals surface area contributed by atoms with Crippen LogP contribution in [0, 0.1) is 13.8 Å². The average Bonchev–Trinajstić information content (AvgIpc) is 3.32. The monoisotopic (exact) mass is 392 g/mol. The Labute approximate surface area is 159 Å². The SMILES string of the molecule is Cc1cc(C(=O)OCC(=O)Nc2ccc3c(c2)OC(F)(F)O3)c(C)n1C1CC1. The van der Waals surface area contributed by atoms with Gasteiger partial charge >= 0.3 is 12.3 Å². The van der Waals surface area contributed by atoms with Crippen LogP contribution in [-0.4, -0.2) is 29.3 Å². The Bertz CT molecular complexity index is 965. The number of ether oxygens (including phenoxy) is 3. The molecule has 1 aliphatic heterocycles. The fraction of sp³-hybridized carbons (Fsp3) is 0.368. The van der Waals surface area contributed by atoms with Crippen molar-refractivity contribution < 1.29 is 32.6 Å². The number of esters is 1. The van der Waals surface area contributed by atoms with Crippen LogP contribution in [0.3, 0.4) is 0 Å². The summed E-state index contributed by atoms with van der Waals surface area (Å²) in [5.41, 5.74) is 2.45. The third kappa shape index (κ3) is 3.51. The number of fused-ring (bicyclic) bond motifs is 1. The van der Waals surface area contributed by atoms with Crippen LogP contribution in [0.2, 0.25) is 0 Å². The average molecular weight is 392 g/mol. The van der Waals surface area contributed by atoms with Crippen molar-refractivity contribution in [3.8, 4) is 11.5 Å². The Morgan fingerprint density at radius 1 is 1.21 bits per heavy atom. The highest BCUT2D eigenvalue weighted by Crippen LogP contribution is 2.42. The van der Waals surface area contributed by atoms with E-state index in [1.807, 2.05) is 13.8 Å². The number of anilines is 1. The molecular formula is C19H18F2N2O5. The lowest BCUT2D eigenvalue weighted by atomic mass is 10.2. The number of hydrogen-bond donors (Lipinski definition) is 1. The molecule has 1 saturated carbocycles. The number of aryl methyl sites for hydroxylation is 1. The number of aromatic nitrogens is 1. The molecule has 0 radical (unpaired) electrons. The molecule has 0 bridgehead atoms. The zero-order chi connectivity index (χ0) is 20.1. The molecule has 0 saturated heterocycles. The predicted molar refractivity (Wildman–Crippen MR) is 93.7 cm³/mol. The van der Waals surface area contributed by atoms with Gasteiger partial charge in [0.1, 0.15) is 0 Å². The van der Waals surface area contributed by atoms with Crippen LogP contribution in [0.25, 0.3) is 0 Å². The largest absolute Gasteiger partial charge is 0.586 e. The normalized spacial score (nSPS) is 16.7. The molecule has 2 aromatic rings. The van der Waals surface area contributed by atoms with E-state index < -0.39 is 24.8 Å². The first-order valence-corrected chi connectivity index (χ1v) is 8.79. The predicted octanol–water partition coefficient (Wildman–Crippen LogP) is 3.56. The summed E-state index contributed by atoms with van der Waals surface area (Å²) in [6.07, 6.45) is -1.54. The summed E-state index contributed by atoms with van der Waals surface area (Å²) in [6.45, 7) is 3.28. The van der Waals surface area contributed by atoms with Crippen molar-refractivity contribution in [3.05, 3.63) is 41.2 Å². The van der Waals surface area contributed by atoms with E-state index in [1.54, 1.807) is 6.07 Å². The Morgan fingerprint density at radius 3 is 2.64 bits per heavy atom. The summed E-state index contributed by atoms with van der Waals surface area (Å²) in [7, 11) is 0. The van der Waals surface area contributed by atoms with E-state index in [1.165, 1.54) is 18.2 Å². The number of benzene rings is 1. The zero-order valence-electron chi connectivity index (χ0n) is 15.3. The first kappa shape index (κ1) is 18.3. The lowest BCUT2D eigenvalue weighted by Crippen LogP contribution is -2.25. The summed E-state index contributed by atoms with van der Waals surface area (Å²) >= 11 is 0. The third-order valence-electron chi connectivity index (χ3n) is 4.64. The molecule has 9 heteroatoms. The highest BCUT2D eigenvalue weighted by atomic mass is 19.3. The third-order valence-corrected chi connectivity index (χ3v) is 4.64. The lowest BCUT2D eigenvalue weighted by Gasteiger charge is -2.09. The van der Waals surface area contributed by atoms with Crippen molar-refractivity contribution in [2.75, 3.05) is 11.9 Å². The quantitative estimate of drug-likeness (QED) is 0.788. The number of carbonyl (C=O) groups is 2. The Hall–Kier alpha value is -3.10. The van der Waals surface area contributed by atoms with Crippen LogP contribution in [0.5, 0.6) is 11.5 Å². The van der Waals surface area contributed by atoms with Gasteiger partial charge in [0, 0.05) is 29.2 Å². The van der Waals surface area contributed by atoms with Gasteiger partial charge in [-0.15, -0.1) is 8.78 Å². The molecule has 2 aliphatic rings. The Kier molecular flexibility index (Phi) is 4.24. The second-order valence-corrected chi connectivity index (χ2v) is 6.84. The van der Waals surface area contributed by atoms with Crippen LogP contribution < -0.4 is 14.8 Å². The maximum Gasteiger partial charge on any atom is 0.586 e. The molecule has 7 nitrogen and oxygen atoms in total. The number of amides is 1. The van der Waals surface area contributed by atoms with Gasteiger partial charge in [-0.3, -0.25) is 4.79 Å². The first-order valence-electron chi connectivity index (χ1n) is 8.79. The summed E-state index contributed by atoms with van der Waals surface area (Å²) < 4.78 is 41.9. The number of carbonyl (C=O) groups excluding carboxylic acids is 2. The fourth-order valence-corrected chi connectivity index (χ4v) is 3.31. The van der Waals surface area contributed by atoms with Gasteiger partial charge in [0.25, 0.3) is 5.91 Å². The lowest BCUT2D eigenvalue weighted by molar-refractivity contribution is -0.286. The van der Waals surface area contributed by atoms with Gasteiger partial charge in [-0.05, 0) is 44.9 Å².